The molecule has 1 aromatic heterocycles. The minimum absolute atomic E-state index is 0.00893. The van der Waals surface area contributed by atoms with Gasteiger partial charge in [-0.15, -0.1) is 0 Å². The van der Waals surface area contributed by atoms with Crippen LogP contribution < -0.4 is 5.32 Å². The molecule has 0 saturated carbocycles. The highest BCUT2D eigenvalue weighted by molar-refractivity contribution is 5.81. The molecule has 0 radical (unpaired) electrons. The molecule has 1 atom stereocenters. The number of carbonyl (C=O) groups excluding carboxylic acids is 1. The highest BCUT2D eigenvalue weighted by atomic mass is 16.5. The number of amides is 1. The topological polar surface area (TPSA) is 59.4 Å². The highest BCUT2D eigenvalue weighted by Crippen LogP contribution is 2.21. The lowest BCUT2D eigenvalue weighted by Crippen LogP contribution is -2.48. The van der Waals surface area contributed by atoms with Gasteiger partial charge in [-0.3, -0.25) is 4.79 Å². The molecule has 1 fully saturated rings. The maximum Gasteiger partial charge on any atom is 0.253 e. The third-order valence-corrected chi connectivity index (χ3v) is 4.76. The zero-order valence-corrected chi connectivity index (χ0v) is 15.4. The van der Waals surface area contributed by atoms with E-state index in [1.807, 2.05) is 30.8 Å². The molecule has 134 valence electrons. The van der Waals surface area contributed by atoms with E-state index in [0.29, 0.717) is 19.7 Å². The van der Waals surface area contributed by atoms with Crippen molar-refractivity contribution in [2.75, 3.05) is 26.7 Å². The second kappa shape index (κ2) is 7.37. The van der Waals surface area contributed by atoms with Crippen LogP contribution in [0.1, 0.15) is 22.5 Å². The van der Waals surface area contributed by atoms with Crippen molar-refractivity contribution in [1.82, 2.24) is 20.0 Å². The number of nitrogens with zero attached hydrogens (tertiary/aromatic N) is 3. The molecular formula is C19H26N4O2. The number of carbonyl (C=O) groups is 1. The van der Waals surface area contributed by atoms with Gasteiger partial charge in [-0.2, -0.15) is 5.10 Å². The molecule has 25 heavy (non-hydrogen) atoms. The zero-order valence-electron chi connectivity index (χ0n) is 15.4. The summed E-state index contributed by atoms with van der Waals surface area (Å²) in [6.45, 7) is 8.61. The SMILES string of the molecule is Cc1ccccc1-n1nc(C)c(CN(C)C(=O)[C@@H]2CNCCO2)c1C. The van der Waals surface area contributed by atoms with Crippen LogP contribution in [0.4, 0.5) is 0 Å². The predicted molar refractivity (Wildman–Crippen MR) is 96.9 cm³/mol. The zero-order chi connectivity index (χ0) is 18.0. The number of hydrogen-bond donors (Lipinski definition) is 1. The van der Waals surface area contributed by atoms with Crippen LogP contribution in [0, 0.1) is 20.8 Å². The van der Waals surface area contributed by atoms with Crippen LogP contribution in [0.5, 0.6) is 0 Å². The summed E-state index contributed by atoms with van der Waals surface area (Å²) in [5.41, 5.74) is 5.34. The quantitative estimate of drug-likeness (QED) is 0.920. The van der Waals surface area contributed by atoms with E-state index in [1.165, 1.54) is 5.56 Å². The number of likely N-dealkylation sites (N-methyl/N-ethyl adjacent to an activating group) is 1. The number of benzene rings is 1. The van der Waals surface area contributed by atoms with E-state index in [-0.39, 0.29) is 5.91 Å². The van der Waals surface area contributed by atoms with Crippen molar-refractivity contribution in [2.45, 2.75) is 33.4 Å². The van der Waals surface area contributed by atoms with E-state index < -0.39 is 6.10 Å². The summed E-state index contributed by atoms with van der Waals surface area (Å²) < 4.78 is 7.54. The molecule has 3 rings (SSSR count). The maximum atomic E-state index is 12.6. The summed E-state index contributed by atoms with van der Waals surface area (Å²) >= 11 is 0. The van der Waals surface area contributed by atoms with Gasteiger partial charge < -0.3 is 15.0 Å². The number of nitrogens with one attached hydrogen (secondary N) is 1. The van der Waals surface area contributed by atoms with Crippen molar-refractivity contribution in [3.8, 4) is 5.69 Å². The van der Waals surface area contributed by atoms with Gasteiger partial charge in [-0.1, -0.05) is 18.2 Å². The number of morpholine rings is 1. The number of hydrogen-bond acceptors (Lipinski definition) is 4. The minimum atomic E-state index is -0.397. The number of para-hydroxylation sites is 1. The van der Waals surface area contributed by atoms with Crippen molar-refractivity contribution in [3.05, 3.63) is 46.8 Å². The summed E-state index contributed by atoms with van der Waals surface area (Å²) in [6.07, 6.45) is -0.397. The Morgan fingerprint density at radius 2 is 2.12 bits per heavy atom. The van der Waals surface area contributed by atoms with Crippen LogP contribution in [0.3, 0.4) is 0 Å². The van der Waals surface area contributed by atoms with Crippen LogP contribution in [-0.2, 0) is 16.1 Å². The van der Waals surface area contributed by atoms with Crippen LogP contribution in [0.25, 0.3) is 5.69 Å². The Bertz CT molecular complexity index is 763. The normalized spacial score (nSPS) is 17.5. The molecular weight excluding hydrogens is 316 g/mol. The summed E-state index contributed by atoms with van der Waals surface area (Å²) in [5, 5.41) is 7.90. The Morgan fingerprint density at radius 1 is 1.36 bits per heavy atom. The number of aryl methyl sites for hydroxylation is 2. The van der Waals surface area contributed by atoms with Crippen LogP contribution >= 0.6 is 0 Å². The first-order chi connectivity index (χ1) is 12.0. The Kier molecular flexibility index (Phi) is 5.20. The highest BCUT2D eigenvalue weighted by Gasteiger charge is 2.26. The van der Waals surface area contributed by atoms with Gasteiger partial charge >= 0.3 is 0 Å². The molecule has 0 aliphatic carbocycles. The van der Waals surface area contributed by atoms with Gasteiger partial charge in [0, 0.05) is 37.9 Å². The monoisotopic (exact) mass is 342 g/mol. The molecule has 2 aromatic rings. The van der Waals surface area contributed by atoms with E-state index in [4.69, 9.17) is 9.84 Å². The minimum Gasteiger partial charge on any atom is -0.366 e. The Labute approximate surface area is 148 Å². The summed E-state index contributed by atoms with van der Waals surface area (Å²) in [4.78, 5) is 14.3. The van der Waals surface area contributed by atoms with Crippen LogP contribution in [0.2, 0.25) is 0 Å². The van der Waals surface area contributed by atoms with E-state index >= 15 is 0 Å². The molecule has 1 aliphatic heterocycles. The van der Waals surface area contributed by atoms with Gasteiger partial charge in [0.15, 0.2) is 0 Å². The van der Waals surface area contributed by atoms with Crippen LogP contribution in [0.15, 0.2) is 24.3 Å². The molecule has 1 aromatic carbocycles. The lowest BCUT2D eigenvalue weighted by molar-refractivity contribution is -0.144. The third kappa shape index (κ3) is 3.60. The average Bonchev–Trinajstić information content (AvgIpc) is 2.90. The van der Waals surface area contributed by atoms with Crippen LogP contribution in [-0.4, -0.2) is 53.4 Å². The van der Waals surface area contributed by atoms with Crippen molar-refractivity contribution < 1.29 is 9.53 Å². The first-order valence-corrected chi connectivity index (χ1v) is 8.67. The van der Waals surface area contributed by atoms with Gasteiger partial charge in [-0.05, 0) is 32.4 Å². The average molecular weight is 342 g/mol. The Balaban J connectivity index is 1.81. The van der Waals surface area contributed by atoms with E-state index in [2.05, 4.69) is 31.3 Å². The van der Waals surface area contributed by atoms with E-state index in [0.717, 1.165) is 29.2 Å². The lowest BCUT2D eigenvalue weighted by atomic mass is 10.1. The van der Waals surface area contributed by atoms with Gasteiger partial charge in [0.1, 0.15) is 6.10 Å². The fourth-order valence-electron chi connectivity index (χ4n) is 3.22. The molecule has 6 heteroatoms. The number of aromatic nitrogens is 2. The number of ether oxygens (including phenoxy) is 1. The molecule has 1 N–H and O–H groups in total. The van der Waals surface area contributed by atoms with Gasteiger partial charge in [0.05, 0.1) is 18.0 Å². The second-order valence-corrected chi connectivity index (χ2v) is 6.61. The smallest absolute Gasteiger partial charge is 0.253 e. The van der Waals surface area contributed by atoms with E-state index in [9.17, 15) is 4.79 Å². The van der Waals surface area contributed by atoms with E-state index in [1.54, 1.807) is 4.90 Å². The lowest BCUT2D eigenvalue weighted by Gasteiger charge is -2.27. The number of rotatable bonds is 4. The molecule has 1 amide bonds. The molecule has 0 spiro atoms. The Morgan fingerprint density at radius 3 is 2.80 bits per heavy atom. The second-order valence-electron chi connectivity index (χ2n) is 6.61. The predicted octanol–water partition coefficient (Wildman–Crippen LogP) is 1.74. The summed E-state index contributed by atoms with van der Waals surface area (Å²) in [7, 11) is 1.82. The Hall–Kier alpha value is -2.18. The molecule has 1 aliphatic rings. The summed E-state index contributed by atoms with van der Waals surface area (Å²) in [6, 6.07) is 8.18. The molecule has 1 saturated heterocycles. The van der Waals surface area contributed by atoms with Gasteiger partial charge in [-0.25, -0.2) is 4.68 Å². The standard InChI is InChI=1S/C19H26N4O2/c1-13-7-5-6-8-17(13)23-15(3)16(14(2)21-23)12-22(4)19(24)18-11-20-9-10-25-18/h5-8,18,20H,9-12H2,1-4H3/t18-/m0/s1. The van der Waals surface area contributed by atoms with Crippen molar-refractivity contribution in [1.29, 1.82) is 0 Å². The fourth-order valence-corrected chi connectivity index (χ4v) is 3.22. The largest absolute Gasteiger partial charge is 0.366 e. The van der Waals surface area contributed by atoms with Gasteiger partial charge in [0.2, 0.25) is 0 Å². The maximum absolute atomic E-state index is 12.6. The van der Waals surface area contributed by atoms with Crippen molar-refractivity contribution in [3.63, 3.8) is 0 Å². The fraction of sp³-hybridized carbons (Fsp3) is 0.474. The van der Waals surface area contributed by atoms with Gasteiger partial charge in [0.25, 0.3) is 5.91 Å². The molecule has 2 heterocycles. The van der Waals surface area contributed by atoms with Crippen molar-refractivity contribution >= 4 is 5.91 Å². The molecule has 6 nitrogen and oxygen atoms in total. The molecule has 0 bridgehead atoms. The third-order valence-electron chi connectivity index (χ3n) is 4.76. The van der Waals surface area contributed by atoms with Crippen molar-refractivity contribution in [2.24, 2.45) is 0 Å². The summed E-state index contributed by atoms with van der Waals surface area (Å²) in [5.74, 6) is 0.00893. The first-order valence-electron chi connectivity index (χ1n) is 8.67. The molecule has 0 unspecified atom stereocenters. The first kappa shape index (κ1) is 17.6.